The van der Waals surface area contributed by atoms with Gasteiger partial charge in [-0.2, -0.15) is 10.2 Å². The van der Waals surface area contributed by atoms with Crippen molar-refractivity contribution in [2.24, 2.45) is 0 Å². The lowest BCUT2D eigenvalue weighted by Crippen LogP contribution is -2.41. The Hall–Kier alpha value is -3.21. The van der Waals surface area contributed by atoms with Gasteiger partial charge >= 0.3 is 0 Å². The molecule has 5 nitrogen and oxygen atoms in total. The highest BCUT2D eigenvalue weighted by Gasteiger charge is 2.40. The molecule has 0 radical (unpaired) electrons. The summed E-state index contributed by atoms with van der Waals surface area (Å²) >= 11 is 0. The maximum Gasteiger partial charge on any atom is 0.0566 e. The van der Waals surface area contributed by atoms with Gasteiger partial charge in [-0.1, -0.05) is 58.0 Å². The van der Waals surface area contributed by atoms with E-state index in [0.717, 1.165) is 27.9 Å². The fourth-order valence-electron chi connectivity index (χ4n) is 3.51. The van der Waals surface area contributed by atoms with Gasteiger partial charge in [0.25, 0.3) is 0 Å². The zero-order valence-electron chi connectivity index (χ0n) is 16.7. The molecule has 3 heterocycles. The molecule has 0 amide bonds. The van der Waals surface area contributed by atoms with E-state index in [-0.39, 0.29) is 10.8 Å². The molecule has 2 N–H and O–H groups in total. The van der Waals surface area contributed by atoms with Crippen LogP contribution in [0.25, 0.3) is 22.3 Å². The van der Waals surface area contributed by atoms with Crippen molar-refractivity contribution >= 4 is 0 Å². The minimum atomic E-state index is -0.154. The van der Waals surface area contributed by atoms with E-state index in [4.69, 9.17) is 4.98 Å². The first-order valence-electron chi connectivity index (χ1n) is 9.45. The van der Waals surface area contributed by atoms with Crippen LogP contribution < -0.4 is 0 Å². The summed E-state index contributed by atoms with van der Waals surface area (Å²) in [6.07, 6.45) is 9.38. The largest absolute Gasteiger partial charge is 0.285 e. The number of hydrogen-bond donors (Lipinski definition) is 2. The molecule has 142 valence electrons. The van der Waals surface area contributed by atoms with Crippen molar-refractivity contribution < 1.29 is 0 Å². The number of pyridine rings is 1. The van der Waals surface area contributed by atoms with Crippen LogP contribution in [0.3, 0.4) is 0 Å². The summed E-state index contributed by atoms with van der Waals surface area (Å²) in [4.78, 5) is 4.80. The van der Waals surface area contributed by atoms with Gasteiger partial charge in [0.05, 0.1) is 12.4 Å². The first-order chi connectivity index (χ1) is 13.4. The summed E-state index contributed by atoms with van der Waals surface area (Å²) in [6.45, 7) is 9.09. The zero-order chi connectivity index (χ0) is 19.8. The van der Waals surface area contributed by atoms with Crippen molar-refractivity contribution in [3.05, 3.63) is 78.6 Å². The quantitative estimate of drug-likeness (QED) is 0.512. The third-order valence-corrected chi connectivity index (χ3v) is 6.24. The summed E-state index contributed by atoms with van der Waals surface area (Å²) < 4.78 is 0. The monoisotopic (exact) mass is 371 g/mol. The van der Waals surface area contributed by atoms with Gasteiger partial charge in [0.15, 0.2) is 0 Å². The Kier molecular flexibility index (Phi) is 4.38. The van der Waals surface area contributed by atoms with E-state index < -0.39 is 0 Å². The Morgan fingerprint density at radius 3 is 1.68 bits per heavy atom. The maximum atomic E-state index is 4.80. The lowest BCUT2D eigenvalue weighted by atomic mass is 9.62. The number of aromatic amines is 2. The Morgan fingerprint density at radius 1 is 0.607 bits per heavy atom. The molecule has 5 heteroatoms. The number of nitrogens with one attached hydrogen (secondary N) is 2. The number of nitrogens with zero attached hydrogens (tertiary/aromatic N) is 3. The van der Waals surface area contributed by atoms with Gasteiger partial charge in [-0.3, -0.25) is 15.2 Å². The SMILES string of the molecule is CC(C)(c1ccc(-c2cn[nH]c2)cc1)C(C)(C)c1ccc(-c2cn[nH]c2)cn1. The standard InChI is InChI=1S/C23H25N5/c1-22(2,20-8-5-16(6-9-20)18-12-25-26-13-18)23(3,4)21-10-7-17(11-24-21)19-14-27-28-15-19/h5-15H,1-4H3,(H,25,26)(H,27,28). The molecule has 0 saturated carbocycles. The highest BCUT2D eigenvalue weighted by atomic mass is 15.1. The van der Waals surface area contributed by atoms with E-state index in [1.54, 1.807) is 0 Å². The number of benzene rings is 1. The molecule has 0 fully saturated rings. The van der Waals surface area contributed by atoms with Crippen LogP contribution in [0.5, 0.6) is 0 Å². The van der Waals surface area contributed by atoms with Crippen LogP contribution in [0.1, 0.15) is 39.0 Å². The number of hydrogen-bond acceptors (Lipinski definition) is 3. The molecule has 0 saturated heterocycles. The first-order valence-corrected chi connectivity index (χ1v) is 9.45. The molecule has 3 aromatic heterocycles. The zero-order valence-corrected chi connectivity index (χ0v) is 16.7. The normalized spacial score (nSPS) is 12.3. The molecule has 0 aliphatic heterocycles. The van der Waals surface area contributed by atoms with E-state index in [0.29, 0.717) is 0 Å². The van der Waals surface area contributed by atoms with Crippen molar-refractivity contribution in [1.82, 2.24) is 25.4 Å². The van der Waals surface area contributed by atoms with Gasteiger partial charge in [0, 0.05) is 51.8 Å². The smallest absolute Gasteiger partial charge is 0.0566 e. The van der Waals surface area contributed by atoms with Gasteiger partial charge < -0.3 is 0 Å². The molecule has 0 aliphatic rings. The van der Waals surface area contributed by atoms with Crippen molar-refractivity contribution in [2.75, 3.05) is 0 Å². The number of aromatic nitrogens is 5. The molecule has 0 aliphatic carbocycles. The highest BCUT2D eigenvalue weighted by molar-refractivity contribution is 5.62. The molecule has 0 unspecified atom stereocenters. The second kappa shape index (κ2) is 6.75. The Balaban J connectivity index is 1.63. The fourth-order valence-corrected chi connectivity index (χ4v) is 3.51. The van der Waals surface area contributed by atoms with E-state index in [1.165, 1.54) is 5.56 Å². The molecular formula is C23H25N5. The van der Waals surface area contributed by atoms with Gasteiger partial charge in [0.2, 0.25) is 0 Å². The van der Waals surface area contributed by atoms with Gasteiger partial charge in [0.1, 0.15) is 0 Å². The first kappa shape index (κ1) is 18.2. The van der Waals surface area contributed by atoms with E-state index >= 15 is 0 Å². The lowest BCUT2D eigenvalue weighted by Gasteiger charge is -2.42. The lowest BCUT2D eigenvalue weighted by molar-refractivity contribution is 0.295. The van der Waals surface area contributed by atoms with E-state index in [9.17, 15) is 0 Å². The van der Waals surface area contributed by atoms with Crippen molar-refractivity contribution in [3.8, 4) is 22.3 Å². The molecule has 4 rings (SSSR count). The predicted octanol–water partition coefficient (Wildman–Crippen LogP) is 5.12. The van der Waals surface area contributed by atoms with Crippen LogP contribution in [0.4, 0.5) is 0 Å². The Labute approximate surface area is 165 Å². The molecule has 1 aromatic carbocycles. The average molecular weight is 371 g/mol. The van der Waals surface area contributed by atoms with Gasteiger partial charge in [-0.25, -0.2) is 0 Å². The molecule has 0 spiro atoms. The van der Waals surface area contributed by atoms with Crippen LogP contribution in [-0.2, 0) is 10.8 Å². The fraction of sp³-hybridized carbons (Fsp3) is 0.261. The second-order valence-corrected chi connectivity index (χ2v) is 8.23. The Bertz CT molecular complexity index is 938. The summed E-state index contributed by atoms with van der Waals surface area (Å²) in [7, 11) is 0. The van der Waals surface area contributed by atoms with Crippen molar-refractivity contribution in [3.63, 3.8) is 0 Å². The number of H-pyrrole nitrogens is 2. The summed E-state index contributed by atoms with van der Waals surface area (Å²) in [5.41, 5.74) is 6.47. The average Bonchev–Trinajstić information content (AvgIpc) is 3.42. The molecular weight excluding hydrogens is 346 g/mol. The van der Waals surface area contributed by atoms with E-state index in [1.807, 2.05) is 31.0 Å². The predicted molar refractivity (Wildman–Crippen MR) is 112 cm³/mol. The number of rotatable bonds is 5. The minimum Gasteiger partial charge on any atom is -0.285 e. The Morgan fingerprint density at radius 2 is 1.18 bits per heavy atom. The summed E-state index contributed by atoms with van der Waals surface area (Å²) in [6, 6.07) is 13.0. The summed E-state index contributed by atoms with van der Waals surface area (Å²) in [5.74, 6) is 0. The third kappa shape index (κ3) is 3.03. The molecule has 28 heavy (non-hydrogen) atoms. The van der Waals surface area contributed by atoms with Crippen LogP contribution in [0, 0.1) is 0 Å². The topological polar surface area (TPSA) is 70.2 Å². The van der Waals surface area contributed by atoms with E-state index in [2.05, 4.69) is 84.5 Å². The third-order valence-electron chi connectivity index (χ3n) is 6.24. The van der Waals surface area contributed by atoms with Crippen LogP contribution in [0.2, 0.25) is 0 Å². The second-order valence-electron chi connectivity index (χ2n) is 8.23. The van der Waals surface area contributed by atoms with Crippen LogP contribution in [-0.4, -0.2) is 25.4 Å². The van der Waals surface area contributed by atoms with Gasteiger partial charge in [-0.15, -0.1) is 0 Å². The summed E-state index contributed by atoms with van der Waals surface area (Å²) in [5, 5.41) is 13.8. The van der Waals surface area contributed by atoms with Crippen molar-refractivity contribution in [2.45, 2.75) is 38.5 Å². The minimum absolute atomic E-state index is 0.105. The molecule has 0 bridgehead atoms. The highest BCUT2D eigenvalue weighted by Crippen LogP contribution is 2.43. The molecule has 0 atom stereocenters. The molecule has 4 aromatic rings. The van der Waals surface area contributed by atoms with Crippen LogP contribution >= 0.6 is 0 Å². The maximum absolute atomic E-state index is 4.80. The van der Waals surface area contributed by atoms with Crippen molar-refractivity contribution in [1.29, 1.82) is 0 Å². The van der Waals surface area contributed by atoms with Gasteiger partial charge in [-0.05, 0) is 17.2 Å². The van der Waals surface area contributed by atoms with Crippen LogP contribution in [0.15, 0.2) is 67.4 Å².